The van der Waals surface area contributed by atoms with E-state index in [-0.39, 0.29) is 28.4 Å². The number of amides is 1. The molecular formula is C18H13ClN4O6. The molecule has 1 aromatic heterocycles. The van der Waals surface area contributed by atoms with Gasteiger partial charge >= 0.3 is 5.97 Å². The normalized spacial score (nSPS) is 10.5. The van der Waals surface area contributed by atoms with Gasteiger partial charge in [0.1, 0.15) is 0 Å². The number of aromatic nitrogens is 2. The predicted octanol–water partition coefficient (Wildman–Crippen LogP) is 2.21. The maximum absolute atomic E-state index is 12.0. The summed E-state index contributed by atoms with van der Waals surface area (Å²) in [6.07, 6.45) is -0.247. The first-order chi connectivity index (χ1) is 13.8. The number of ether oxygens (including phenoxy) is 1. The van der Waals surface area contributed by atoms with Crippen molar-refractivity contribution in [2.75, 3.05) is 11.9 Å². The predicted molar refractivity (Wildman–Crippen MR) is 104 cm³/mol. The highest BCUT2D eigenvalue weighted by atomic mass is 35.5. The van der Waals surface area contributed by atoms with Crippen molar-refractivity contribution in [3.05, 3.63) is 73.6 Å². The van der Waals surface area contributed by atoms with Gasteiger partial charge in [-0.1, -0.05) is 29.8 Å². The van der Waals surface area contributed by atoms with Crippen molar-refractivity contribution in [3.8, 4) is 0 Å². The second-order valence-corrected chi connectivity index (χ2v) is 6.26. The largest absolute Gasteiger partial charge is 0.455 e. The number of hydrogen-bond acceptors (Lipinski definition) is 7. The van der Waals surface area contributed by atoms with Gasteiger partial charge in [-0.15, -0.1) is 0 Å². The Morgan fingerprint density at radius 3 is 2.62 bits per heavy atom. The van der Waals surface area contributed by atoms with Crippen LogP contribution in [0.3, 0.4) is 0 Å². The van der Waals surface area contributed by atoms with Gasteiger partial charge in [0.15, 0.2) is 6.61 Å². The Bertz CT molecular complexity index is 1180. The molecule has 2 aromatic carbocycles. The zero-order chi connectivity index (χ0) is 21.0. The van der Waals surface area contributed by atoms with E-state index in [0.717, 1.165) is 6.07 Å². The second kappa shape index (κ2) is 8.48. The third-order valence-corrected chi connectivity index (χ3v) is 4.20. The summed E-state index contributed by atoms with van der Waals surface area (Å²) >= 11 is 5.89. The molecule has 3 aromatic rings. The SMILES string of the molecule is O=C(COC(=O)Cc1n[nH]c(=O)c2ccccc12)Nc1ccc([N+](=O)[O-])cc1Cl. The second-order valence-electron chi connectivity index (χ2n) is 5.85. The van der Waals surface area contributed by atoms with Gasteiger partial charge in [-0.2, -0.15) is 5.10 Å². The van der Waals surface area contributed by atoms with E-state index in [2.05, 4.69) is 15.5 Å². The van der Waals surface area contributed by atoms with Crippen LogP contribution in [0.2, 0.25) is 5.02 Å². The average molecular weight is 417 g/mol. The van der Waals surface area contributed by atoms with Gasteiger partial charge in [0.05, 0.1) is 33.1 Å². The number of anilines is 1. The lowest BCUT2D eigenvalue weighted by Gasteiger charge is -2.08. The van der Waals surface area contributed by atoms with E-state index in [4.69, 9.17) is 16.3 Å². The van der Waals surface area contributed by atoms with E-state index in [1.54, 1.807) is 24.3 Å². The highest BCUT2D eigenvalue weighted by Gasteiger charge is 2.15. The van der Waals surface area contributed by atoms with Crippen LogP contribution in [0.4, 0.5) is 11.4 Å². The van der Waals surface area contributed by atoms with Gasteiger partial charge in [-0.25, -0.2) is 5.10 Å². The Labute approximate surface area is 167 Å². The zero-order valence-corrected chi connectivity index (χ0v) is 15.4. The van der Waals surface area contributed by atoms with Crippen LogP contribution in [-0.2, 0) is 20.7 Å². The Hall–Kier alpha value is -3.79. The van der Waals surface area contributed by atoms with Crippen molar-refractivity contribution in [2.24, 2.45) is 0 Å². The van der Waals surface area contributed by atoms with Crippen molar-refractivity contribution in [1.29, 1.82) is 0 Å². The van der Waals surface area contributed by atoms with E-state index in [1.165, 1.54) is 12.1 Å². The fourth-order valence-electron chi connectivity index (χ4n) is 2.55. The minimum absolute atomic E-state index is 0.0252. The molecule has 1 amide bonds. The molecule has 0 unspecified atom stereocenters. The molecule has 0 atom stereocenters. The van der Waals surface area contributed by atoms with E-state index in [0.29, 0.717) is 16.5 Å². The zero-order valence-electron chi connectivity index (χ0n) is 14.7. The molecule has 1 heterocycles. The molecule has 0 saturated carbocycles. The van der Waals surface area contributed by atoms with Crippen molar-refractivity contribution in [2.45, 2.75) is 6.42 Å². The number of nitro benzene ring substituents is 1. The molecule has 0 fully saturated rings. The average Bonchev–Trinajstić information content (AvgIpc) is 2.70. The summed E-state index contributed by atoms with van der Waals surface area (Å²) in [5, 5.41) is 20.1. The first-order valence-corrected chi connectivity index (χ1v) is 8.58. The lowest BCUT2D eigenvalue weighted by Crippen LogP contribution is -2.22. The summed E-state index contributed by atoms with van der Waals surface area (Å²) in [4.78, 5) is 45.8. The Morgan fingerprint density at radius 2 is 1.93 bits per heavy atom. The maximum atomic E-state index is 12.0. The topological polar surface area (TPSA) is 144 Å². The molecule has 29 heavy (non-hydrogen) atoms. The first-order valence-electron chi connectivity index (χ1n) is 8.21. The standard InChI is InChI=1S/C18H13ClN4O6/c19-13-7-10(23(27)28)5-6-14(13)20-16(24)9-29-17(25)8-15-11-3-1-2-4-12(11)18(26)22-21-15/h1-7H,8-9H2,(H,20,24)(H,22,26). The minimum atomic E-state index is -0.723. The molecule has 11 heteroatoms. The minimum Gasteiger partial charge on any atom is -0.455 e. The monoisotopic (exact) mass is 416 g/mol. The third-order valence-electron chi connectivity index (χ3n) is 3.89. The quantitative estimate of drug-likeness (QED) is 0.356. The lowest BCUT2D eigenvalue weighted by atomic mass is 10.1. The summed E-state index contributed by atoms with van der Waals surface area (Å²) in [6, 6.07) is 10.2. The number of halogens is 1. The van der Waals surface area contributed by atoms with E-state index >= 15 is 0 Å². The summed E-state index contributed by atoms with van der Waals surface area (Å²) in [7, 11) is 0. The molecular weight excluding hydrogens is 404 g/mol. The number of H-pyrrole nitrogens is 1. The number of nitrogens with one attached hydrogen (secondary N) is 2. The van der Waals surface area contributed by atoms with Crippen LogP contribution >= 0.6 is 11.6 Å². The summed E-state index contributed by atoms with van der Waals surface area (Å²) in [6.45, 7) is -0.590. The highest BCUT2D eigenvalue weighted by Crippen LogP contribution is 2.26. The number of carbonyl (C=O) groups is 2. The Balaban J connectivity index is 1.60. The number of nitrogens with zero attached hydrogens (tertiary/aromatic N) is 2. The number of non-ortho nitro benzene ring substituents is 1. The first kappa shape index (κ1) is 20.0. The lowest BCUT2D eigenvalue weighted by molar-refractivity contribution is -0.384. The number of aromatic amines is 1. The van der Waals surface area contributed by atoms with Crippen molar-refractivity contribution >= 4 is 45.6 Å². The van der Waals surface area contributed by atoms with Gasteiger partial charge in [0.2, 0.25) is 0 Å². The molecule has 0 spiro atoms. The Kier molecular flexibility index (Phi) is 5.84. The molecule has 0 radical (unpaired) electrons. The molecule has 3 rings (SSSR count). The summed E-state index contributed by atoms with van der Waals surface area (Å²) in [5.41, 5.74) is -0.146. The third kappa shape index (κ3) is 4.74. The smallest absolute Gasteiger partial charge is 0.312 e. The van der Waals surface area contributed by atoms with Gasteiger partial charge in [-0.05, 0) is 12.1 Å². The molecule has 0 aliphatic carbocycles. The molecule has 0 saturated heterocycles. The van der Waals surface area contributed by atoms with Gasteiger partial charge < -0.3 is 10.1 Å². The number of carbonyl (C=O) groups excluding carboxylic acids is 2. The molecule has 0 aliphatic rings. The molecule has 0 bridgehead atoms. The summed E-state index contributed by atoms with van der Waals surface area (Å²) < 4.78 is 4.93. The molecule has 2 N–H and O–H groups in total. The van der Waals surface area contributed by atoms with Crippen LogP contribution in [0, 0.1) is 10.1 Å². The maximum Gasteiger partial charge on any atom is 0.312 e. The number of rotatable bonds is 6. The van der Waals surface area contributed by atoms with Crippen molar-refractivity contribution in [1.82, 2.24) is 10.2 Å². The Morgan fingerprint density at radius 1 is 1.21 bits per heavy atom. The van der Waals surface area contributed by atoms with E-state index < -0.39 is 23.4 Å². The van der Waals surface area contributed by atoms with E-state index in [1.807, 2.05) is 0 Å². The highest BCUT2D eigenvalue weighted by molar-refractivity contribution is 6.34. The van der Waals surface area contributed by atoms with Gasteiger partial charge in [0.25, 0.3) is 17.2 Å². The fourth-order valence-corrected chi connectivity index (χ4v) is 2.77. The van der Waals surface area contributed by atoms with Crippen molar-refractivity contribution in [3.63, 3.8) is 0 Å². The van der Waals surface area contributed by atoms with Gasteiger partial charge in [-0.3, -0.25) is 24.5 Å². The van der Waals surface area contributed by atoms with Crippen LogP contribution in [0.1, 0.15) is 5.69 Å². The fraction of sp³-hybridized carbons (Fsp3) is 0.111. The van der Waals surface area contributed by atoms with Crippen LogP contribution in [-0.4, -0.2) is 33.6 Å². The van der Waals surface area contributed by atoms with Crippen LogP contribution in [0.15, 0.2) is 47.3 Å². The molecule has 10 nitrogen and oxygen atoms in total. The number of hydrogen-bond donors (Lipinski definition) is 2. The van der Waals surface area contributed by atoms with E-state index in [9.17, 15) is 24.5 Å². The summed E-state index contributed by atoms with van der Waals surface area (Å²) in [5.74, 6) is -1.40. The number of fused-ring (bicyclic) bond motifs is 1. The molecule has 0 aliphatic heterocycles. The van der Waals surface area contributed by atoms with Crippen molar-refractivity contribution < 1.29 is 19.2 Å². The molecule has 148 valence electrons. The van der Waals surface area contributed by atoms with Gasteiger partial charge in [0, 0.05) is 17.5 Å². The number of benzene rings is 2. The van der Waals surface area contributed by atoms with Crippen LogP contribution in [0.5, 0.6) is 0 Å². The number of esters is 1. The number of nitro groups is 1. The van der Waals surface area contributed by atoms with Crippen LogP contribution in [0.25, 0.3) is 10.8 Å². The van der Waals surface area contributed by atoms with Crippen LogP contribution < -0.4 is 10.9 Å².